The van der Waals surface area contributed by atoms with Crippen molar-refractivity contribution in [1.82, 2.24) is 9.97 Å². The molecule has 7 heteroatoms. The number of fused-ring (bicyclic) bond motifs is 1. The first-order valence-corrected chi connectivity index (χ1v) is 9.79. The van der Waals surface area contributed by atoms with E-state index in [0.717, 1.165) is 21.3 Å². The summed E-state index contributed by atoms with van der Waals surface area (Å²) in [6, 6.07) is 13.6. The third kappa shape index (κ3) is 3.64. The van der Waals surface area contributed by atoms with Crippen molar-refractivity contribution in [1.29, 1.82) is 0 Å². The average Bonchev–Trinajstić information content (AvgIpc) is 3.38. The number of benzene rings is 1. The maximum absolute atomic E-state index is 10.8. The smallest absolute Gasteiger partial charge is 0.158 e. The molecule has 0 unspecified atom stereocenters. The summed E-state index contributed by atoms with van der Waals surface area (Å²) >= 11 is 1.57. The minimum Gasteiger partial charge on any atom is -0.466 e. The van der Waals surface area contributed by atoms with E-state index in [1.165, 1.54) is 0 Å². The number of anilines is 1. The molecular formula is C21H21N3O3S. The topological polar surface area (TPSA) is 80.4 Å². The highest BCUT2D eigenvalue weighted by Gasteiger charge is 2.27. The highest BCUT2D eigenvalue weighted by atomic mass is 32.1. The summed E-state index contributed by atoms with van der Waals surface area (Å²) in [5, 5.41) is 17.1. The van der Waals surface area contributed by atoms with Gasteiger partial charge in [0.15, 0.2) is 5.82 Å². The zero-order valence-electron chi connectivity index (χ0n) is 15.7. The van der Waals surface area contributed by atoms with E-state index < -0.39 is 5.60 Å². The van der Waals surface area contributed by atoms with E-state index in [1.54, 1.807) is 43.8 Å². The molecule has 3 heterocycles. The summed E-state index contributed by atoms with van der Waals surface area (Å²) in [6.45, 7) is 2.26. The first-order chi connectivity index (χ1) is 13.6. The van der Waals surface area contributed by atoms with E-state index in [2.05, 4.69) is 32.8 Å². The molecule has 28 heavy (non-hydrogen) atoms. The lowest BCUT2D eigenvalue weighted by molar-refractivity contribution is 0.0476. The van der Waals surface area contributed by atoms with E-state index in [1.807, 2.05) is 18.2 Å². The number of hydrogen-bond donors (Lipinski definition) is 2. The fourth-order valence-electron chi connectivity index (χ4n) is 3.07. The van der Waals surface area contributed by atoms with Crippen LogP contribution < -0.4 is 5.32 Å². The first kappa shape index (κ1) is 18.6. The van der Waals surface area contributed by atoms with Crippen molar-refractivity contribution in [3.05, 3.63) is 65.7 Å². The third-order valence-corrected chi connectivity index (χ3v) is 5.36. The van der Waals surface area contributed by atoms with Crippen LogP contribution in [-0.4, -0.2) is 28.7 Å². The predicted octanol–water partition coefficient (Wildman–Crippen LogP) is 4.42. The number of ether oxygens (including phenoxy) is 1. The molecule has 0 bridgehead atoms. The number of nitrogens with zero attached hydrogens (tertiary/aromatic N) is 2. The monoisotopic (exact) mass is 395 g/mol. The van der Waals surface area contributed by atoms with Gasteiger partial charge in [-0.15, -0.1) is 11.3 Å². The van der Waals surface area contributed by atoms with Crippen molar-refractivity contribution in [3.63, 3.8) is 0 Å². The SMILES string of the molecule is COCc1nc(NC[C@@](C)(O)c2ccco2)c2c(-c3ccccc3)csc2n1. The Morgan fingerprint density at radius 3 is 2.71 bits per heavy atom. The Balaban J connectivity index is 1.75. The van der Waals surface area contributed by atoms with Crippen molar-refractivity contribution in [3.8, 4) is 11.1 Å². The molecular weight excluding hydrogens is 374 g/mol. The molecule has 1 aromatic carbocycles. The molecule has 0 amide bonds. The van der Waals surface area contributed by atoms with E-state index in [4.69, 9.17) is 9.15 Å². The maximum Gasteiger partial charge on any atom is 0.158 e. The van der Waals surface area contributed by atoms with Crippen LogP contribution in [0.3, 0.4) is 0 Å². The van der Waals surface area contributed by atoms with Crippen LogP contribution in [0, 0.1) is 0 Å². The maximum atomic E-state index is 10.8. The highest BCUT2D eigenvalue weighted by Crippen LogP contribution is 2.37. The molecule has 0 radical (unpaired) electrons. The average molecular weight is 395 g/mol. The Kier molecular flexibility index (Phi) is 5.13. The molecule has 1 atom stereocenters. The third-order valence-electron chi connectivity index (χ3n) is 4.49. The molecule has 3 aromatic heterocycles. The van der Waals surface area contributed by atoms with Gasteiger partial charge in [-0.05, 0) is 24.6 Å². The van der Waals surface area contributed by atoms with Crippen LogP contribution in [0.2, 0.25) is 0 Å². The van der Waals surface area contributed by atoms with Gasteiger partial charge in [-0.3, -0.25) is 0 Å². The van der Waals surface area contributed by atoms with E-state index in [9.17, 15) is 5.11 Å². The van der Waals surface area contributed by atoms with Crippen molar-refractivity contribution in [2.24, 2.45) is 0 Å². The van der Waals surface area contributed by atoms with Gasteiger partial charge >= 0.3 is 0 Å². The molecule has 0 fully saturated rings. The Labute approximate surface area is 166 Å². The first-order valence-electron chi connectivity index (χ1n) is 8.91. The number of aromatic nitrogens is 2. The minimum atomic E-state index is -1.18. The Hall–Kier alpha value is -2.74. The second-order valence-corrected chi connectivity index (χ2v) is 7.58. The van der Waals surface area contributed by atoms with E-state index in [-0.39, 0.29) is 6.54 Å². The Bertz CT molecular complexity index is 1060. The number of hydrogen-bond acceptors (Lipinski definition) is 7. The van der Waals surface area contributed by atoms with Gasteiger partial charge in [0, 0.05) is 18.1 Å². The molecule has 6 nitrogen and oxygen atoms in total. The standard InChI is InChI=1S/C21H21N3O3S/c1-21(25,16-9-6-10-27-16)13-22-19-18-15(14-7-4-3-5-8-14)12-28-20(18)24-17(23-19)11-26-2/h3-10,12,25H,11,13H2,1-2H3,(H,22,23,24)/t21-/m1/s1. The second-order valence-electron chi connectivity index (χ2n) is 6.72. The lowest BCUT2D eigenvalue weighted by Crippen LogP contribution is -2.30. The minimum absolute atomic E-state index is 0.239. The number of methoxy groups -OCH3 is 1. The van der Waals surface area contributed by atoms with Gasteiger partial charge in [-0.25, -0.2) is 9.97 Å². The molecule has 2 N–H and O–H groups in total. The van der Waals surface area contributed by atoms with Gasteiger partial charge in [0.05, 0.1) is 18.2 Å². The van der Waals surface area contributed by atoms with Crippen LogP contribution in [0.15, 0.2) is 58.5 Å². The summed E-state index contributed by atoms with van der Waals surface area (Å²) in [6.07, 6.45) is 1.55. The zero-order valence-corrected chi connectivity index (χ0v) is 16.5. The molecule has 4 aromatic rings. The molecule has 0 saturated heterocycles. The largest absolute Gasteiger partial charge is 0.466 e. The van der Waals surface area contributed by atoms with Crippen molar-refractivity contribution < 1.29 is 14.3 Å². The van der Waals surface area contributed by atoms with Crippen LogP contribution in [0.4, 0.5) is 5.82 Å². The van der Waals surface area contributed by atoms with Gasteiger partial charge in [-0.2, -0.15) is 0 Å². The van der Waals surface area contributed by atoms with Crippen molar-refractivity contribution in [2.45, 2.75) is 19.1 Å². The van der Waals surface area contributed by atoms with Crippen LogP contribution in [0.5, 0.6) is 0 Å². The van der Waals surface area contributed by atoms with E-state index >= 15 is 0 Å². The molecule has 0 aliphatic carbocycles. The molecule has 0 saturated carbocycles. The van der Waals surface area contributed by atoms with E-state index in [0.29, 0.717) is 24.0 Å². The summed E-state index contributed by atoms with van der Waals surface area (Å²) in [5.74, 6) is 1.76. The molecule has 4 rings (SSSR count). The second kappa shape index (κ2) is 7.71. The fourth-order valence-corrected chi connectivity index (χ4v) is 4.03. The van der Waals surface area contributed by atoms with Gasteiger partial charge < -0.3 is 19.6 Å². The van der Waals surface area contributed by atoms with Gasteiger partial charge in [0.2, 0.25) is 0 Å². The number of furan rings is 1. The van der Waals surface area contributed by atoms with Crippen LogP contribution in [0.25, 0.3) is 21.3 Å². The Morgan fingerprint density at radius 1 is 1.18 bits per heavy atom. The van der Waals surface area contributed by atoms with Crippen LogP contribution in [0.1, 0.15) is 18.5 Å². The normalized spacial score (nSPS) is 13.5. The molecule has 0 spiro atoms. The van der Waals surface area contributed by atoms with Crippen molar-refractivity contribution >= 4 is 27.4 Å². The molecule has 144 valence electrons. The summed E-state index contributed by atoms with van der Waals surface area (Å²) in [4.78, 5) is 10.2. The molecule has 0 aliphatic heterocycles. The number of aliphatic hydroxyl groups is 1. The lowest BCUT2D eigenvalue weighted by atomic mass is 10.0. The van der Waals surface area contributed by atoms with Gasteiger partial charge in [0.1, 0.15) is 28.6 Å². The molecule has 0 aliphatic rings. The Morgan fingerprint density at radius 2 is 2.00 bits per heavy atom. The fraction of sp³-hybridized carbons (Fsp3) is 0.238. The van der Waals surface area contributed by atoms with Gasteiger partial charge in [0.25, 0.3) is 0 Å². The lowest BCUT2D eigenvalue weighted by Gasteiger charge is -2.22. The number of nitrogens with one attached hydrogen (secondary N) is 1. The highest BCUT2D eigenvalue weighted by molar-refractivity contribution is 7.17. The summed E-state index contributed by atoms with van der Waals surface area (Å²) in [5.41, 5.74) is 0.980. The summed E-state index contributed by atoms with van der Waals surface area (Å²) in [7, 11) is 1.62. The number of thiophene rings is 1. The quantitative estimate of drug-likeness (QED) is 0.482. The van der Waals surface area contributed by atoms with Crippen molar-refractivity contribution in [2.75, 3.05) is 19.0 Å². The predicted molar refractivity (Wildman–Crippen MR) is 110 cm³/mol. The zero-order chi connectivity index (χ0) is 19.6. The number of rotatable bonds is 7. The van der Waals surface area contributed by atoms with Crippen LogP contribution in [-0.2, 0) is 16.9 Å². The summed E-state index contributed by atoms with van der Waals surface area (Å²) < 4.78 is 10.6. The van der Waals surface area contributed by atoms with Crippen LogP contribution >= 0.6 is 11.3 Å². The van der Waals surface area contributed by atoms with Gasteiger partial charge in [-0.1, -0.05) is 30.3 Å².